The quantitative estimate of drug-likeness (QED) is 0.121. The molecular weight excluding hydrogens is 494 g/mol. The summed E-state index contributed by atoms with van der Waals surface area (Å²) in [7, 11) is 4.83. The number of methoxy groups -OCH3 is 3. The molecule has 0 aliphatic rings. The number of rotatable bonds is 18. The van der Waals surface area contributed by atoms with Gasteiger partial charge in [0.05, 0.1) is 19.4 Å². The van der Waals surface area contributed by atoms with E-state index in [9.17, 15) is 0 Å². The summed E-state index contributed by atoms with van der Waals surface area (Å²) in [6.45, 7) is 5.06. The van der Waals surface area contributed by atoms with Gasteiger partial charge in [0.15, 0.2) is 0 Å². The highest BCUT2D eigenvalue weighted by Gasteiger charge is 2.40. The molecule has 0 radical (unpaired) electrons. The van der Waals surface area contributed by atoms with Crippen molar-refractivity contribution in [3.05, 3.63) is 120 Å². The maximum Gasteiger partial charge on any atom is 0.142 e. The summed E-state index contributed by atoms with van der Waals surface area (Å²) in [5.74, 6) is 0. The monoisotopic (exact) mass is 533 g/mol. The molecule has 0 N–H and O–H groups in total. The van der Waals surface area contributed by atoms with E-state index in [4.69, 9.17) is 28.5 Å². The third-order valence-electron chi connectivity index (χ3n) is 6.27. The van der Waals surface area contributed by atoms with Gasteiger partial charge in [0.1, 0.15) is 37.1 Å². The molecule has 0 unspecified atom stereocenters. The summed E-state index contributed by atoms with van der Waals surface area (Å²) in [6, 6.07) is 29.7. The van der Waals surface area contributed by atoms with Crippen LogP contribution in [0.3, 0.4) is 0 Å². The molecule has 0 spiro atoms. The van der Waals surface area contributed by atoms with Gasteiger partial charge in [0.25, 0.3) is 0 Å². The molecule has 208 valence electrons. The summed E-state index contributed by atoms with van der Waals surface area (Å²) in [6.07, 6.45) is 0.466. The van der Waals surface area contributed by atoms with Crippen LogP contribution in [0.5, 0.6) is 0 Å². The highest BCUT2D eigenvalue weighted by atomic mass is 16.6. The van der Waals surface area contributed by atoms with Gasteiger partial charge in [0, 0.05) is 21.3 Å². The Morgan fingerprint density at radius 1 is 0.590 bits per heavy atom. The summed E-state index contributed by atoms with van der Waals surface area (Å²) >= 11 is 0. The lowest BCUT2D eigenvalue weighted by Gasteiger charge is -2.37. The lowest BCUT2D eigenvalue weighted by Crippen LogP contribution is -2.53. The van der Waals surface area contributed by atoms with E-state index in [-0.39, 0.29) is 0 Å². The minimum atomic E-state index is -0.614. The molecule has 3 aromatic rings. The third kappa shape index (κ3) is 9.73. The van der Waals surface area contributed by atoms with E-state index in [1.165, 1.54) is 0 Å². The van der Waals surface area contributed by atoms with E-state index in [0.717, 1.165) is 16.7 Å². The molecule has 3 rings (SSSR count). The first-order valence-electron chi connectivity index (χ1n) is 12.9. The van der Waals surface area contributed by atoms with Crippen LogP contribution in [-0.2, 0) is 48.3 Å². The Balaban J connectivity index is 1.78. The zero-order chi connectivity index (χ0) is 27.7. The minimum absolute atomic E-state index is 0.337. The molecule has 0 heterocycles. The lowest BCUT2D eigenvalue weighted by atomic mass is 9.98. The van der Waals surface area contributed by atoms with Gasteiger partial charge < -0.3 is 28.5 Å². The molecule has 0 aliphatic heterocycles. The van der Waals surface area contributed by atoms with Crippen molar-refractivity contribution in [2.75, 3.05) is 21.3 Å². The predicted molar refractivity (Wildman–Crippen MR) is 152 cm³/mol. The van der Waals surface area contributed by atoms with E-state index in [1.807, 2.05) is 91.0 Å². The van der Waals surface area contributed by atoms with Gasteiger partial charge in [-0.1, -0.05) is 102 Å². The van der Waals surface area contributed by atoms with Crippen LogP contribution in [0.1, 0.15) is 16.7 Å². The summed E-state index contributed by atoms with van der Waals surface area (Å²) in [4.78, 5) is 5.54. The van der Waals surface area contributed by atoms with E-state index in [1.54, 1.807) is 33.6 Å². The average Bonchev–Trinajstić information content (AvgIpc) is 3.00. The molecule has 7 nitrogen and oxygen atoms in total. The average molecular weight is 534 g/mol. The van der Waals surface area contributed by atoms with E-state index < -0.39 is 30.5 Å². The van der Waals surface area contributed by atoms with Crippen molar-refractivity contribution in [3.63, 3.8) is 0 Å². The van der Waals surface area contributed by atoms with Crippen molar-refractivity contribution in [1.29, 1.82) is 0 Å². The SMILES string of the molecule is C=C[C@@H](OCc1ccccc1)[C@@H](OC)[C@@H](OC)[C@H](OCc1ccccc1)[C@@H](/C=N/OCc1ccccc1)OC. The molecule has 0 fully saturated rings. The Bertz CT molecular complexity index is 1080. The molecule has 0 saturated carbocycles. The number of hydrogen-bond acceptors (Lipinski definition) is 7. The summed E-state index contributed by atoms with van der Waals surface area (Å²) in [5.41, 5.74) is 3.07. The minimum Gasteiger partial charge on any atom is -0.391 e. The molecular formula is C32H39NO6. The third-order valence-corrected chi connectivity index (χ3v) is 6.27. The van der Waals surface area contributed by atoms with Crippen LogP contribution in [0.25, 0.3) is 0 Å². The van der Waals surface area contributed by atoms with Crippen molar-refractivity contribution < 1.29 is 28.5 Å². The fraction of sp³-hybridized carbons (Fsp3) is 0.344. The zero-order valence-corrected chi connectivity index (χ0v) is 22.9. The molecule has 7 heteroatoms. The molecule has 5 atom stereocenters. The van der Waals surface area contributed by atoms with Crippen LogP contribution in [0, 0.1) is 0 Å². The van der Waals surface area contributed by atoms with Gasteiger partial charge in [-0.05, 0) is 16.7 Å². The van der Waals surface area contributed by atoms with Gasteiger partial charge in [-0.3, -0.25) is 0 Å². The van der Waals surface area contributed by atoms with Crippen LogP contribution in [0.15, 0.2) is 109 Å². The fourth-order valence-electron chi connectivity index (χ4n) is 4.19. The highest BCUT2D eigenvalue weighted by molar-refractivity contribution is 5.63. The summed E-state index contributed by atoms with van der Waals surface area (Å²) in [5, 5.41) is 4.18. The van der Waals surface area contributed by atoms with Gasteiger partial charge in [0.2, 0.25) is 0 Å². The van der Waals surface area contributed by atoms with Crippen molar-refractivity contribution in [2.45, 2.75) is 50.3 Å². The molecule has 0 aliphatic carbocycles. The second-order valence-electron chi connectivity index (χ2n) is 8.87. The van der Waals surface area contributed by atoms with Crippen molar-refractivity contribution in [3.8, 4) is 0 Å². The lowest BCUT2D eigenvalue weighted by molar-refractivity contribution is -0.174. The van der Waals surface area contributed by atoms with Crippen LogP contribution in [0.2, 0.25) is 0 Å². The van der Waals surface area contributed by atoms with Gasteiger partial charge in [-0.15, -0.1) is 6.58 Å². The van der Waals surface area contributed by atoms with Crippen LogP contribution in [-0.4, -0.2) is 58.1 Å². The number of oxime groups is 1. The highest BCUT2D eigenvalue weighted by Crippen LogP contribution is 2.23. The first-order chi connectivity index (χ1) is 19.2. The van der Waals surface area contributed by atoms with Crippen molar-refractivity contribution in [1.82, 2.24) is 0 Å². The topological polar surface area (TPSA) is 67.7 Å². The zero-order valence-electron chi connectivity index (χ0n) is 22.9. The molecule has 39 heavy (non-hydrogen) atoms. The molecule has 3 aromatic carbocycles. The van der Waals surface area contributed by atoms with Crippen LogP contribution in [0.4, 0.5) is 0 Å². The normalized spacial score (nSPS) is 15.4. The van der Waals surface area contributed by atoms with E-state index in [2.05, 4.69) is 11.7 Å². The van der Waals surface area contributed by atoms with Crippen molar-refractivity contribution in [2.24, 2.45) is 5.16 Å². The van der Waals surface area contributed by atoms with Crippen LogP contribution >= 0.6 is 0 Å². The molecule has 0 bridgehead atoms. The van der Waals surface area contributed by atoms with Crippen LogP contribution < -0.4 is 0 Å². The van der Waals surface area contributed by atoms with Gasteiger partial charge >= 0.3 is 0 Å². The Kier molecular flexibility index (Phi) is 13.4. The first kappa shape index (κ1) is 30.2. The van der Waals surface area contributed by atoms with E-state index in [0.29, 0.717) is 19.8 Å². The smallest absolute Gasteiger partial charge is 0.142 e. The fourth-order valence-corrected chi connectivity index (χ4v) is 4.19. The summed E-state index contributed by atoms with van der Waals surface area (Å²) < 4.78 is 30.4. The van der Waals surface area contributed by atoms with Crippen molar-refractivity contribution >= 4 is 6.21 Å². The number of hydrogen-bond donors (Lipinski definition) is 0. The Morgan fingerprint density at radius 2 is 1.08 bits per heavy atom. The Labute approximate surface area is 231 Å². The second-order valence-corrected chi connectivity index (χ2v) is 8.87. The maximum atomic E-state index is 6.42. The molecule has 0 amide bonds. The standard InChI is InChI=1S/C32H39NO6/c1-5-28(37-22-25-15-9-6-10-16-25)30(35-3)32(36-4)31(38-23-26-17-11-7-12-18-26)29(34-2)21-33-39-24-27-19-13-8-14-20-27/h5-21,28-32H,1,22-24H2,2-4H3/b33-21+/t28-,29-,30-,31-,32-/m1/s1. The maximum absolute atomic E-state index is 6.42. The largest absolute Gasteiger partial charge is 0.391 e. The van der Waals surface area contributed by atoms with Gasteiger partial charge in [-0.25, -0.2) is 0 Å². The molecule has 0 saturated heterocycles. The Morgan fingerprint density at radius 3 is 1.54 bits per heavy atom. The first-order valence-corrected chi connectivity index (χ1v) is 12.9. The number of benzene rings is 3. The molecule has 0 aromatic heterocycles. The Hall–Kier alpha value is -3.33. The van der Waals surface area contributed by atoms with Gasteiger partial charge in [-0.2, -0.15) is 0 Å². The van der Waals surface area contributed by atoms with E-state index >= 15 is 0 Å². The number of ether oxygens (including phenoxy) is 5. The number of nitrogens with zero attached hydrogens (tertiary/aromatic N) is 1. The predicted octanol–water partition coefficient (Wildman–Crippen LogP) is 5.59. The second kappa shape index (κ2) is 17.3.